The van der Waals surface area contributed by atoms with Gasteiger partial charge in [0, 0.05) is 45.4 Å². The van der Waals surface area contributed by atoms with E-state index in [4.69, 9.17) is 9.47 Å². The molecule has 1 aromatic carbocycles. The Morgan fingerprint density at radius 3 is 2.48 bits per heavy atom. The summed E-state index contributed by atoms with van der Waals surface area (Å²) in [5.74, 6) is -0.0692. The SMILES string of the molecule is O=S(=O)(c1ccc(OC(F)F)cc1)N1CCO[C@@]2(CCN(C3CCOCC3)C2)C1. The number of nitrogens with zero attached hydrogens (tertiary/aromatic N) is 2. The van der Waals surface area contributed by atoms with Crippen LogP contribution in [0.2, 0.25) is 0 Å². The second-order valence-electron chi connectivity index (χ2n) is 7.78. The van der Waals surface area contributed by atoms with Crippen LogP contribution < -0.4 is 4.74 Å². The van der Waals surface area contributed by atoms with E-state index in [0.29, 0.717) is 25.7 Å². The van der Waals surface area contributed by atoms with Crippen LogP contribution >= 0.6 is 0 Å². The van der Waals surface area contributed by atoms with Crippen LogP contribution in [-0.2, 0) is 19.5 Å². The summed E-state index contributed by atoms with van der Waals surface area (Å²) in [5.41, 5.74) is -0.498. The smallest absolute Gasteiger partial charge is 0.387 e. The summed E-state index contributed by atoms with van der Waals surface area (Å²) in [6, 6.07) is 5.56. The monoisotopic (exact) mass is 432 g/mol. The molecular formula is C19H26F2N2O5S. The minimum atomic E-state index is -3.74. The Kier molecular flexibility index (Phi) is 6.08. The van der Waals surface area contributed by atoms with Gasteiger partial charge in [0.2, 0.25) is 10.0 Å². The number of alkyl halides is 2. The van der Waals surface area contributed by atoms with Crippen LogP contribution in [-0.4, -0.2) is 81.9 Å². The summed E-state index contributed by atoms with van der Waals surface area (Å²) in [6.45, 7) is 1.09. The van der Waals surface area contributed by atoms with E-state index in [0.717, 1.165) is 39.0 Å². The number of morpholine rings is 1. The molecule has 29 heavy (non-hydrogen) atoms. The molecule has 1 aromatic rings. The van der Waals surface area contributed by atoms with Crippen molar-refractivity contribution in [1.29, 1.82) is 0 Å². The van der Waals surface area contributed by atoms with Crippen molar-refractivity contribution >= 4 is 10.0 Å². The van der Waals surface area contributed by atoms with E-state index in [1.165, 1.54) is 28.6 Å². The molecule has 10 heteroatoms. The van der Waals surface area contributed by atoms with Crippen LogP contribution in [0.4, 0.5) is 8.78 Å². The van der Waals surface area contributed by atoms with E-state index < -0.39 is 22.2 Å². The number of rotatable bonds is 5. The highest BCUT2D eigenvalue weighted by atomic mass is 32.2. The van der Waals surface area contributed by atoms with Gasteiger partial charge in [-0.05, 0) is 43.5 Å². The van der Waals surface area contributed by atoms with Gasteiger partial charge in [-0.3, -0.25) is 4.90 Å². The fourth-order valence-corrected chi connectivity index (χ4v) is 5.94. The quantitative estimate of drug-likeness (QED) is 0.708. The first-order valence-electron chi connectivity index (χ1n) is 9.89. The Morgan fingerprint density at radius 1 is 1.07 bits per heavy atom. The normalized spacial score (nSPS) is 27.7. The minimum Gasteiger partial charge on any atom is -0.435 e. The third-order valence-corrected chi connectivity index (χ3v) is 7.81. The van der Waals surface area contributed by atoms with E-state index in [1.54, 1.807) is 0 Å². The van der Waals surface area contributed by atoms with Crippen molar-refractivity contribution in [3.05, 3.63) is 24.3 Å². The van der Waals surface area contributed by atoms with Crippen molar-refractivity contribution in [1.82, 2.24) is 9.21 Å². The van der Waals surface area contributed by atoms with Crippen molar-refractivity contribution in [2.75, 3.05) is 46.0 Å². The molecule has 0 bridgehead atoms. The van der Waals surface area contributed by atoms with E-state index in [2.05, 4.69) is 9.64 Å². The van der Waals surface area contributed by atoms with Crippen LogP contribution in [0.1, 0.15) is 19.3 Å². The molecule has 1 atom stereocenters. The predicted molar refractivity (Wildman–Crippen MR) is 101 cm³/mol. The molecule has 3 heterocycles. The molecule has 3 aliphatic rings. The highest BCUT2D eigenvalue weighted by molar-refractivity contribution is 7.89. The molecule has 0 aliphatic carbocycles. The maximum Gasteiger partial charge on any atom is 0.387 e. The fraction of sp³-hybridized carbons (Fsp3) is 0.684. The van der Waals surface area contributed by atoms with Gasteiger partial charge in [0.1, 0.15) is 5.75 Å². The Bertz CT molecular complexity index is 801. The summed E-state index contributed by atoms with van der Waals surface area (Å²) in [5, 5.41) is 0. The maximum absolute atomic E-state index is 13.1. The molecule has 0 unspecified atom stereocenters. The molecule has 162 valence electrons. The van der Waals surface area contributed by atoms with Gasteiger partial charge in [0.05, 0.1) is 17.1 Å². The van der Waals surface area contributed by atoms with Gasteiger partial charge in [0.25, 0.3) is 0 Å². The largest absolute Gasteiger partial charge is 0.435 e. The molecule has 3 fully saturated rings. The van der Waals surface area contributed by atoms with Crippen LogP contribution in [0.15, 0.2) is 29.2 Å². The zero-order valence-corrected chi connectivity index (χ0v) is 17.0. The standard InChI is InChI=1S/C19H26F2N2O5S/c20-18(21)28-16-1-3-17(4-2-16)29(24,25)23-9-12-27-19(14-23)7-8-22(13-19)15-5-10-26-11-6-15/h1-4,15,18H,5-14H2/t19-/m1/s1. The van der Waals surface area contributed by atoms with Crippen molar-refractivity contribution < 1.29 is 31.4 Å². The average molecular weight is 432 g/mol. The third kappa shape index (κ3) is 4.56. The maximum atomic E-state index is 13.1. The molecule has 7 nitrogen and oxygen atoms in total. The van der Waals surface area contributed by atoms with Crippen LogP contribution in [0.3, 0.4) is 0 Å². The zero-order valence-electron chi connectivity index (χ0n) is 16.1. The second-order valence-corrected chi connectivity index (χ2v) is 9.72. The zero-order chi connectivity index (χ0) is 20.5. The average Bonchev–Trinajstić information content (AvgIpc) is 3.12. The summed E-state index contributed by atoms with van der Waals surface area (Å²) in [7, 11) is -3.74. The van der Waals surface area contributed by atoms with Crippen molar-refractivity contribution in [3.63, 3.8) is 0 Å². The summed E-state index contributed by atoms with van der Waals surface area (Å²) >= 11 is 0. The lowest BCUT2D eigenvalue weighted by molar-refractivity contribution is -0.0846. The molecule has 4 rings (SSSR count). The number of hydrogen-bond acceptors (Lipinski definition) is 6. The lowest BCUT2D eigenvalue weighted by atomic mass is 10.0. The molecule has 0 aromatic heterocycles. The third-order valence-electron chi connectivity index (χ3n) is 5.95. The number of hydrogen-bond donors (Lipinski definition) is 0. The number of halogens is 2. The number of likely N-dealkylation sites (tertiary alicyclic amines) is 1. The number of sulfonamides is 1. The molecule has 1 spiro atoms. The van der Waals surface area contributed by atoms with Gasteiger partial charge < -0.3 is 14.2 Å². The van der Waals surface area contributed by atoms with Crippen molar-refractivity contribution in [3.8, 4) is 5.75 Å². The summed E-state index contributed by atoms with van der Waals surface area (Å²) < 4.78 is 68.1. The first-order valence-corrected chi connectivity index (χ1v) is 11.3. The van der Waals surface area contributed by atoms with Gasteiger partial charge in [-0.25, -0.2) is 8.42 Å². The molecule has 3 saturated heterocycles. The molecule has 3 aliphatic heterocycles. The Morgan fingerprint density at radius 2 is 1.79 bits per heavy atom. The first-order chi connectivity index (χ1) is 13.9. The molecule has 0 saturated carbocycles. The topological polar surface area (TPSA) is 68.3 Å². The van der Waals surface area contributed by atoms with Crippen molar-refractivity contribution in [2.24, 2.45) is 0 Å². The van der Waals surface area contributed by atoms with E-state index in [-0.39, 0.29) is 17.2 Å². The van der Waals surface area contributed by atoms with Gasteiger partial charge >= 0.3 is 6.61 Å². The molecule has 0 N–H and O–H groups in total. The summed E-state index contributed by atoms with van der Waals surface area (Å²) in [6.07, 6.45) is 2.77. The second kappa shape index (κ2) is 8.43. The Balaban J connectivity index is 1.45. The van der Waals surface area contributed by atoms with E-state index >= 15 is 0 Å². The van der Waals surface area contributed by atoms with Crippen LogP contribution in [0.25, 0.3) is 0 Å². The number of benzene rings is 1. The lowest BCUT2D eigenvalue weighted by Gasteiger charge is -2.40. The van der Waals surface area contributed by atoms with Crippen LogP contribution in [0, 0.1) is 0 Å². The van der Waals surface area contributed by atoms with Crippen LogP contribution in [0.5, 0.6) is 5.75 Å². The van der Waals surface area contributed by atoms with Gasteiger partial charge in [0.15, 0.2) is 0 Å². The van der Waals surface area contributed by atoms with Gasteiger partial charge in [-0.2, -0.15) is 13.1 Å². The lowest BCUT2D eigenvalue weighted by Crippen LogP contribution is -2.55. The van der Waals surface area contributed by atoms with Crippen molar-refractivity contribution in [2.45, 2.75) is 42.4 Å². The Hall–Kier alpha value is -1.33. The van der Waals surface area contributed by atoms with Gasteiger partial charge in [-0.15, -0.1) is 0 Å². The molecule has 0 radical (unpaired) electrons. The number of ether oxygens (including phenoxy) is 3. The summed E-state index contributed by atoms with van der Waals surface area (Å²) in [4.78, 5) is 2.46. The van der Waals surface area contributed by atoms with E-state index in [1.807, 2.05) is 0 Å². The molecular weight excluding hydrogens is 406 g/mol. The highest BCUT2D eigenvalue weighted by Gasteiger charge is 2.47. The first kappa shape index (κ1) is 20.9. The minimum absolute atomic E-state index is 0.0652. The highest BCUT2D eigenvalue weighted by Crippen LogP contribution is 2.34. The fourth-order valence-electron chi connectivity index (χ4n) is 4.44. The predicted octanol–water partition coefficient (Wildman–Crippen LogP) is 1.93. The van der Waals surface area contributed by atoms with E-state index in [9.17, 15) is 17.2 Å². The molecule has 0 amide bonds. The van der Waals surface area contributed by atoms with Gasteiger partial charge in [-0.1, -0.05) is 0 Å². The Labute approximate surface area is 169 Å².